The molecule has 0 aliphatic carbocycles. The first-order valence-electron chi connectivity index (χ1n) is 25.5. The predicted molar refractivity (Wildman–Crippen MR) is 308 cm³/mol. The van der Waals surface area contributed by atoms with Crippen LogP contribution in [-0.4, -0.2) is 65.0 Å². The Balaban J connectivity index is 0.000000204. The van der Waals surface area contributed by atoms with E-state index >= 15 is 8.78 Å². The monoisotopic (exact) mass is 1150 g/mol. The molecule has 0 bridgehead atoms. The lowest BCUT2D eigenvalue weighted by Crippen LogP contribution is -2.28. The van der Waals surface area contributed by atoms with Crippen molar-refractivity contribution in [3.8, 4) is 68.2 Å². The van der Waals surface area contributed by atoms with E-state index in [1.165, 1.54) is 143 Å². The second kappa shape index (κ2) is 24.9. The van der Waals surface area contributed by atoms with E-state index in [0.717, 1.165) is 18.2 Å². The Morgan fingerprint density at radius 1 is 0.518 bits per heavy atom. The normalized spacial score (nSPS) is 10.8. The molecule has 0 saturated carbocycles. The molecule has 0 saturated heterocycles. The number of methoxy groups -OCH3 is 4. The first-order chi connectivity index (χ1) is 40.8. The van der Waals surface area contributed by atoms with E-state index in [-0.39, 0.29) is 69.2 Å². The average Bonchev–Trinajstić information content (AvgIpc) is 3.64. The molecule has 0 aliphatic heterocycles. The molecule has 0 atom stereocenters. The highest BCUT2D eigenvalue weighted by Crippen LogP contribution is 2.40. The summed E-state index contributed by atoms with van der Waals surface area (Å²) in [5.41, 5.74) is 5.65. The quantitative estimate of drug-likeness (QED) is 0.0512. The number of amides is 1. The van der Waals surface area contributed by atoms with Gasteiger partial charge in [-0.1, -0.05) is 43.0 Å². The number of aromatic nitrogens is 4. The van der Waals surface area contributed by atoms with Gasteiger partial charge in [0.2, 0.25) is 11.2 Å². The number of primary amides is 1. The van der Waals surface area contributed by atoms with Crippen molar-refractivity contribution in [1.82, 2.24) is 19.1 Å². The zero-order chi connectivity index (χ0) is 60.8. The Morgan fingerprint density at radius 2 is 0.918 bits per heavy atom. The average molecular weight is 1150 g/mol. The van der Waals surface area contributed by atoms with Crippen molar-refractivity contribution in [2.45, 2.75) is 12.8 Å². The zero-order valence-electron chi connectivity index (χ0n) is 46.1. The van der Waals surface area contributed by atoms with Crippen molar-refractivity contribution >= 4 is 45.1 Å². The van der Waals surface area contributed by atoms with Crippen LogP contribution in [0.4, 0.5) is 23.4 Å². The van der Waals surface area contributed by atoms with Crippen LogP contribution >= 0.6 is 0 Å². The summed E-state index contributed by atoms with van der Waals surface area (Å²) in [6.07, 6.45) is 4.94. The van der Waals surface area contributed by atoms with Crippen LogP contribution in [0, 0.1) is 29.8 Å². The molecule has 0 radical (unpaired) electrons. The number of hydrogen-bond acceptors (Lipinski definition) is 13. The zero-order valence-corrected chi connectivity index (χ0v) is 46.1. The van der Waals surface area contributed by atoms with Crippen LogP contribution < -0.4 is 45.0 Å². The van der Waals surface area contributed by atoms with E-state index in [0.29, 0.717) is 67.4 Å². The van der Waals surface area contributed by atoms with Crippen molar-refractivity contribution in [3.63, 3.8) is 0 Å². The molecule has 85 heavy (non-hydrogen) atoms. The number of carbonyl (C=O) groups excluding carboxylic acids is 3. The second-order valence-corrected chi connectivity index (χ2v) is 18.9. The molecule has 428 valence electrons. The summed E-state index contributed by atoms with van der Waals surface area (Å²) in [4.78, 5) is 77.5. The molecule has 10 rings (SSSR count). The van der Waals surface area contributed by atoms with Gasteiger partial charge < -0.3 is 48.1 Å². The fraction of sp³-hybridized carbons (Fsp3) is 0.125. The summed E-state index contributed by atoms with van der Waals surface area (Å²) in [5, 5.41) is 1.13. The summed E-state index contributed by atoms with van der Waals surface area (Å²) < 4.78 is 93.1. The molecular formula is C64H48F4N6O11. The van der Waals surface area contributed by atoms with Crippen molar-refractivity contribution in [2.24, 2.45) is 19.8 Å². The first kappa shape index (κ1) is 58.5. The molecule has 6 aromatic carbocycles. The molecular weight excluding hydrogens is 1100 g/mol. The predicted octanol–water partition coefficient (Wildman–Crippen LogP) is 11.9. The molecule has 0 unspecified atom stereocenters. The molecule has 17 nitrogen and oxygen atoms in total. The summed E-state index contributed by atoms with van der Waals surface area (Å²) in [7, 11) is 9.01. The van der Waals surface area contributed by atoms with E-state index in [1.807, 2.05) is 0 Å². The number of ether oxygens (including phenoxy) is 6. The van der Waals surface area contributed by atoms with Crippen LogP contribution in [0.25, 0.3) is 48.9 Å². The minimum atomic E-state index is -0.893. The maximum Gasteiger partial charge on any atom is 0.266 e. The van der Waals surface area contributed by atoms with Crippen molar-refractivity contribution < 1.29 is 60.4 Å². The van der Waals surface area contributed by atoms with E-state index in [2.05, 4.69) is 14.8 Å². The number of aryl methyl sites for hydroxylation is 2. The van der Waals surface area contributed by atoms with Crippen LogP contribution in [0.2, 0.25) is 0 Å². The number of nitrogens with two attached hydrogens (primary N) is 1. The van der Waals surface area contributed by atoms with Gasteiger partial charge in [-0.3, -0.25) is 33.9 Å². The van der Waals surface area contributed by atoms with Gasteiger partial charge >= 0.3 is 0 Å². The third-order valence-corrected chi connectivity index (χ3v) is 13.5. The molecule has 0 aliphatic rings. The Morgan fingerprint density at radius 3 is 1.32 bits per heavy atom. The van der Waals surface area contributed by atoms with Crippen LogP contribution in [-0.2, 0) is 26.9 Å². The largest absolute Gasteiger partial charge is 0.493 e. The molecule has 21 heteroatoms. The summed E-state index contributed by atoms with van der Waals surface area (Å²) in [6.45, 7) is 7.52. The molecule has 4 heterocycles. The van der Waals surface area contributed by atoms with Gasteiger partial charge in [0.1, 0.15) is 34.4 Å². The number of fused-ring (bicyclic) bond motifs is 2. The lowest BCUT2D eigenvalue weighted by atomic mass is 9.97. The summed E-state index contributed by atoms with van der Waals surface area (Å²) in [6, 6.07) is 28.0. The van der Waals surface area contributed by atoms with Gasteiger partial charge in [0.05, 0.1) is 69.4 Å². The highest BCUT2D eigenvalue weighted by Gasteiger charge is 2.25. The van der Waals surface area contributed by atoms with Crippen LogP contribution in [0.5, 0.6) is 46.0 Å². The Labute approximate surface area is 481 Å². The number of pyridine rings is 4. The molecule has 0 spiro atoms. The number of halogens is 4. The number of benzene rings is 6. The fourth-order valence-corrected chi connectivity index (χ4v) is 9.40. The van der Waals surface area contributed by atoms with Gasteiger partial charge in [-0.05, 0) is 95.1 Å². The van der Waals surface area contributed by atoms with Gasteiger partial charge in [-0.2, -0.15) is 0 Å². The number of ketones is 2. The summed E-state index contributed by atoms with van der Waals surface area (Å²) in [5.74, 6) is -2.22. The third kappa shape index (κ3) is 12.2. The van der Waals surface area contributed by atoms with E-state index in [9.17, 15) is 32.8 Å². The van der Waals surface area contributed by atoms with Gasteiger partial charge in [0.15, 0.2) is 63.1 Å². The van der Waals surface area contributed by atoms with Crippen LogP contribution in [0.1, 0.15) is 42.3 Å². The number of Topliss-reactive ketones (excluding diaryl/α,β-unsaturated/α-hetero) is 2. The van der Waals surface area contributed by atoms with Gasteiger partial charge in [-0.15, -0.1) is 0 Å². The molecule has 10 aromatic rings. The van der Waals surface area contributed by atoms with Crippen molar-refractivity contribution in [2.75, 3.05) is 28.4 Å². The standard InChI is InChI=1S/C32H25F2N3O6.C32H23F2N3O5/c1-37-16-21(31(39)29(30(37)32(35)40)18-5-7-19(33)8-6-18)24(38)13-17-4-9-26(22(34)12-17)43-25-10-11-36-23-15-28(42-3)27(41-2)14-20(23)25;1-35-32-30(19-6-8-20(33)9-7-19)31(39)22(17-37(32)2)25(38)14-18-5-10-27(23(34)13-18)42-26-11-12-36-24-16-29(41-4)28(40-3)15-21(24)26/h4-12,14-16H,13H2,1-3H3,(H2,35,40);5-13,15-17H,14H2,2-4H3. The molecule has 4 aromatic heterocycles. The Hall–Kier alpha value is -11.1. The number of nitrogens with zero attached hydrogens (tertiary/aromatic N) is 5. The minimum Gasteiger partial charge on any atom is -0.493 e. The molecule has 2 N–H and O–H groups in total. The lowest BCUT2D eigenvalue weighted by Gasteiger charge is -2.14. The maximum atomic E-state index is 15.2. The number of hydrogen-bond donors (Lipinski definition) is 1. The molecule has 1 amide bonds. The van der Waals surface area contributed by atoms with Gasteiger partial charge in [0.25, 0.3) is 5.91 Å². The number of rotatable bonds is 17. The highest BCUT2D eigenvalue weighted by molar-refractivity contribution is 6.03. The van der Waals surface area contributed by atoms with Gasteiger partial charge in [-0.25, -0.2) is 17.6 Å². The van der Waals surface area contributed by atoms with E-state index in [4.69, 9.17) is 40.7 Å². The minimum absolute atomic E-state index is 0.00731. The van der Waals surface area contributed by atoms with Crippen LogP contribution in [0.3, 0.4) is 0 Å². The van der Waals surface area contributed by atoms with E-state index in [1.54, 1.807) is 36.4 Å². The van der Waals surface area contributed by atoms with Crippen molar-refractivity contribution in [1.29, 1.82) is 0 Å². The van der Waals surface area contributed by atoms with E-state index < -0.39 is 51.6 Å². The maximum absolute atomic E-state index is 15.2. The Kier molecular flexibility index (Phi) is 17.2. The molecule has 0 fully saturated rings. The SMILES string of the molecule is COc1cc2nccc(Oc3ccc(CC(=O)c4cn(C)c(C(N)=O)c(-c5ccc(F)cc5)c4=O)cc3F)c2cc1OC.[C-]#[N+]c1c(-c2ccc(F)cc2)c(=O)c(C(=O)Cc2ccc(Oc3ccnc4cc(OC)c(OC)cc34)c(F)c2)cn1C. The van der Waals surface area contributed by atoms with Gasteiger partial charge in [0, 0.05) is 61.4 Å². The van der Waals surface area contributed by atoms with Crippen LogP contribution in [0.15, 0.2) is 156 Å². The summed E-state index contributed by atoms with van der Waals surface area (Å²) >= 11 is 0. The van der Waals surface area contributed by atoms with Crippen molar-refractivity contribution in [3.05, 3.63) is 229 Å². The number of carbonyl (C=O) groups is 3. The highest BCUT2D eigenvalue weighted by atomic mass is 19.1. The second-order valence-electron chi connectivity index (χ2n) is 18.9. The third-order valence-electron chi connectivity index (χ3n) is 13.5. The lowest BCUT2D eigenvalue weighted by molar-refractivity contribution is 0.0977. The smallest absolute Gasteiger partial charge is 0.266 e. The topological polar surface area (TPSA) is 207 Å². The fourth-order valence-electron chi connectivity index (χ4n) is 9.40. The first-order valence-corrected chi connectivity index (χ1v) is 25.5. The Bertz CT molecular complexity index is 4470.